The Hall–Kier alpha value is -1.10. The lowest BCUT2D eigenvalue weighted by Crippen LogP contribution is -2.44. The van der Waals surface area contributed by atoms with Crippen molar-refractivity contribution in [2.24, 2.45) is 0 Å². The number of carbonyl (C=O) groups is 2. The summed E-state index contributed by atoms with van der Waals surface area (Å²) < 4.78 is 4.71. The topological polar surface area (TPSA) is 75.6 Å². The van der Waals surface area contributed by atoms with Crippen LogP contribution in [0.5, 0.6) is 0 Å². The lowest BCUT2D eigenvalue weighted by Gasteiger charge is -2.25. The van der Waals surface area contributed by atoms with E-state index in [-0.39, 0.29) is 31.3 Å². The molecule has 5 nitrogen and oxygen atoms in total. The Morgan fingerprint density at radius 1 is 1.31 bits per heavy atom. The van der Waals surface area contributed by atoms with Crippen LogP contribution in [0.25, 0.3) is 0 Å². The molecule has 0 spiro atoms. The van der Waals surface area contributed by atoms with Gasteiger partial charge in [-0.05, 0) is 27.2 Å². The van der Waals surface area contributed by atoms with E-state index >= 15 is 0 Å². The highest BCUT2D eigenvalue weighted by molar-refractivity contribution is 5.81. The molecule has 1 amide bonds. The van der Waals surface area contributed by atoms with Crippen molar-refractivity contribution in [2.75, 3.05) is 13.2 Å². The molecule has 0 saturated carbocycles. The van der Waals surface area contributed by atoms with Gasteiger partial charge >= 0.3 is 5.97 Å². The molecule has 0 aliphatic rings. The summed E-state index contributed by atoms with van der Waals surface area (Å²) in [7, 11) is 0. The van der Waals surface area contributed by atoms with Gasteiger partial charge in [-0.3, -0.25) is 9.59 Å². The molecule has 0 unspecified atom stereocenters. The summed E-state index contributed by atoms with van der Waals surface area (Å²) in [4.78, 5) is 22.4. The largest absolute Gasteiger partial charge is 0.466 e. The summed E-state index contributed by atoms with van der Waals surface area (Å²) in [6.07, 6.45) is 0.695. The monoisotopic (exact) mass is 231 g/mol. The van der Waals surface area contributed by atoms with Gasteiger partial charge in [0.25, 0.3) is 0 Å². The number of hydrogen-bond donors (Lipinski definition) is 2. The minimum atomic E-state index is -0.444. The van der Waals surface area contributed by atoms with Gasteiger partial charge in [-0.1, -0.05) is 0 Å². The van der Waals surface area contributed by atoms with E-state index in [1.807, 2.05) is 13.8 Å². The summed E-state index contributed by atoms with van der Waals surface area (Å²) in [6, 6.07) is 0. The molecule has 0 aromatic rings. The predicted molar refractivity (Wildman–Crippen MR) is 59.8 cm³/mol. The summed E-state index contributed by atoms with van der Waals surface area (Å²) in [5.74, 6) is -0.566. The second kappa shape index (κ2) is 7.22. The smallest absolute Gasteiger partial charge is 0.306 e. The van der Waals surface area contributed by atoms with E-state index in [1.54, 1.807) is 6.92 Å². The van der Waals surface area contributed by atoms with Crippen molar-refractivity contribution in [1.29, 1.82) is 0 Å². The Kier molecular flexibility index (Phi) is 6.72. The molecular formula is C11H21NO4. The molecule has 0 bridgehead atoms. The molecular weight excluding hydrogens is 210 g/mol. The van der Waals surface area contributed by atoms with E-state index in [4.69, 9.17) is 9.84 Å². The number of nitrogens with one attached hydrogen (secondary N) is 1. The zero-order chi connectivity index (χ0) is 12.6. The zero-order valence-electron chi connectivity index (χ0n) is 10.2. The predicted octanol–water partition coefficient (Wildman–Crippen LogP) is 0.607. The first-order chi connectivity index (χ1) is 7.41. The maximum atomic E-state index is 11.4. The van der Waals surface area contributed by atoms with E-state index < -0.39 is 5.54 Å². The minimum absolute atomic E-state index is 0.0190. The number of amides is 1. The normalized spacial score (nSPS) is 11.0. The molecule has 0 aromatic carbocycles. The highest BCUT2D eigenvalue weighted by Crippen LogP contribution is 2.07. The molecule has 5 heteroatoms. The Labute approximate surface area is 96.2 Å². The third-order valence-electron chi connectivity index (χ3n) is 2.08. The van der Waals surface area contributed by atoms with E-state index in [0.29, 0.717) is 13.0 Å². The Balaban J connectivity index is 3.86. The van der Waals surface area contributed by atoms with Crippen LogP contribution in [0.15, 0.2) is 0 Å². The summed E-state index contributed by atoms with van der Waals surface area (Å²) in [6.45, 7) is 5.72. The molecule has 0 rings (SSSR count). The number of aliphatic hydroxyl groups is 1. The molecule has 0 heterocycles. The number of aliphatic hydroxyl groups excluding tert-OH is 1. The van der Waals surface area contributed by atoms with Crippen molar-refractivity contribution < 1.29 is 19.4 Å². The fourth-order valence-corrected chi connectivity index (χ4v) is 1.23. The van der Waals surface area contributed by atoms with Crippen molar-refractivity contribution in [3.8, 4) is 0 Å². The summed E-state index contributed by atoms with van der Waals surface area (Å²) >= 11 is 0. The Bertz CT molecular complexity index is 238. The van der Waals surface area contributed by atoms with E-state index in [0.717, 1.165) is 0 Å². The zero-order valence-corrected chi connectivity index (χ0v) is 10.2. The standard InChI is InChI=1S/C11H21NO4/c1-4-16-10(15)6-5-9(14)12-11(2,3)7-8-13/h13H,4-8H2,1-3H3,(H,12,14). The van der Waals surface area contributed by atoms with Crippen molar-refractivity contribution in [2.45, 2.75) is 45.6 Å². The highest BCUT2D eigenvalue weighted by atomic mass is 16.5. The molecule has 0 radical (unpaired) electrons. The molecule has 0 aliphatic heterocycles. The second-order valence-corrected chi connectivity index (χ2v) is 4.21. The van der Waals surface area contributed by atoms with Crippen LogP contribution in [0.4, 0.5) is 0 Å². The van der Waals surface area contributed by atoms with Crippen molar-refractivity contribution >= 4 is 11.9 Å². The van der Waals surface area contributed by atoms with Gasteiger partial charge in [-0.15, -0.1) is 0 Å². The molecule has 2 N–H and O–H groups in total. The number of carbonyl (C=O) groups excluding carboxylic acids is 2. The van der Waals surface area contributed by atoms with Crippen LogP contribution in [0, 0.1) is 0 Å². The van der Waals surface area contributed by atoms with Crippen molar-refractivity contribution in [1.82, 2.24) is 5.32 Å². The molecule has 94 valence electrons. The van der Waals surface area contributed by atoms with E-state index in [9.17, 15) is 9.59 Å². The fourth-order valence-electron chi connectivity index (χ4n) is 1.23. The lowest BCUT2D eigenvalue weighted by molar-refractivity contribution is -0.144. The molecule has 0 saturated heterocycles. The molecule has 0 fully saturated rings. The maximum Gasteiger partial charge on any atom is 0.306 e. The van der Waals surface area contributed by atoms with Gasteiger partial charge in [0.2, 0.25) is 5.91 Å². The maximum absolute atomic E-state index is 11.4. The number of esters is 1. The van der Waals surface area contributed by atoms with Crippen LogP contribution < -0.4 is 5.32 Å². The van der Waals surface area contributed by atoms with Crippen LogP contribution in [0.3, 0.4) is 0 Å². The third kappa shape index (κ3) is 7.23. The van der Waals surface area contributed by atoms with Gasteiger partial charge in [0.1, 0.15) is 0 Å². The molecule has 0 aromatic heterocycles. The highest BCUT2D eigenvalue weighted by Gasteiger charge is 2.19. The van der Waals surface area contributed by atoms with Gasteiger partial charge in [0, 0.05) is 18.6 Å². The average Bonchev–Trinajstić information content (AvgIpc) is 2.14. The fraction of sp³-hybridized carbons (Fsp3) is 0.818. The van der Waals surface area contributed by atoms with E-state index in [1.165, 1.54) is 0 Å². The lowest BCUT2D eigenvalue weighted by atomic mass is 10.0. The SMILES string of the molecule is CCOC(=O)CCC(=O)NC(C)(C)CCO. The Morgan fingerprint density at radius 2 is 1.94 bits per heavy atom. The first kappa shape index (κ1) is 14.9. The average molecular weight is 231 g/mol. The van der Waals surface area contributed by atoms with Crippen LogP contribution in [0.1, 0.15) is 40.0 Å². The second-order valence-electron chi connectivity index (χ2n) is 4.21. The quantitative estimate of drug-likeness (QED) is 0.629. The number of ether oxygens (including phenoxy) is 1. The van der Waals surface area contributed by atoms with Crippen LogP contribution in [-0.2, 0) is 14.3 Å². The molecule has 0 atom stereocenters. The Morgan fingerprint density at radius 3 is 2.44 bits per heavy atom. The first-order valence-corrected chi connectivity index (χ1v) is 5.49. The first-order valence-electron chi connectivity index (χ1n) is 5.49. The van der Waals surface area contributed by atoms with Crippen LogP contribution >= 0.6 is 0 Å². The van der Waals surface area contributed by atoms with Crippen molar-refractivity contribution in [3.05, 3.63) is 0 Å². The van der Waals surface area contributed by atoms with Gasteiger partial charge in [0.05, 0.1) is 13.0 Å². The van der Waals surface area contributed by atoms with Gasteiger partial charge in [0.15, 0.2) is 0 Å². The number of rotatable bonds is 7. The number of hydrogen-bond acceptors (Lipinski definition) is 4. The molecule has 16 heavy (non-hydrogen) atoms. The van der Waals surface area contributed by atoms with Crippen LogP contribution in [0.2, 0.25) is 0 Å². The van der Waals surface area contributed by atoms with Crippen molar-refractivity contribution in [3.63, 3.8) is 0 Å². The molecule has 0 aliphatic carbocycles. The van der Waals surface area contributed by atoms with Gasteiger partial charge in [-0.25, -0.2) is 0 Å². The summed E-state index contributed by atoms with van der Waals surface area (Å²) in [5.41, 5.74) is -0.444. The van der Waals surface area contributed by atoms with Crippen LogP contribution in [-0.4, -0.2) is 35.7 Å². The van der Waals surface area contributed by atoms with Gasteiger partial charge in [-0.2, -0.15) is 0 Å². The van der Waals surface area contributed by atoms with Gasteiger partial charge < -0.3 is 15.2 Å². The minimum Gasteiger partial charge on any atom is -0.466 e. The van der Waals surface area contributed by atoms with E-state index in [2.05, 4.69) is 5.32 Å². The summed E-state index contributed by atoms with van der Waals surface area (Å²) in [5, 5.41) is 11.5. The third-order valence-corrected chi connectivity index (χ3v) is 2.08.